The molecule has 0 saturated carbocycles. The van der Waals surface area contributed by atoms with Crippen LogP contribution in [0.2, 0.25) is 0 Å². The minimum Gasteiger partial charge on any atom is -0.343 e. The number of carbonyl (C=O) groups is 1. The van der Waals surface area contributed by atoms with Crippen LogP contribution in [-0.2, 0) is 11.2 Å². The summed E-state index contributed by atoms with van der Waals surface area (Å²) in [7, 11) is 1.87. The Morgan fingerprint density at radius 2 is 2.27 bits per heavy atom. The van der Waals surface area contributed by atoms with Crippen LogP contribution >= 0.6 is 11.3 Å². The van der Waals surface area contributed by atoms with E-state index in [2.05, 4.69) is 17.5 Å². The summed E-state index contributed by atoms with van der Waals surface area (Å²) in [4.78, 5) is 14.8. The van der Waals surface area contributed by atoms with E-state index in [1.165, 1.54) is 4.88 Å². The van der Waals surface area contributed by atoms with Crippen LogP contribution in [0.25, 0.3) is 0 Å². The fraction of sp³-hybridized carbons (Fsp3) is 0.583. The number of carbonyl (C=O) groups excluding carboxylic acids is 1. The molecule has 0 atom stereocenters. The molecule has 0 spiro atoms. The van der Waals surface area contributed by atoms with Gasteiger partial charge in [-0.2, -0.15) is 0 Å². The van der Waals surface area contributed by atoms with E-state index in [1.54, 1.807) is 11.3 Å². The largest absolute Gasteiger partial charge is 0.343 e. The molecule has 15 heavy (non-hydrogen) atoms. The van der Waals surface area contributed by atoms with Crippen LogP contribution in [0.1, 0.15) is 31.6 Å². The molecule has 3 heteroatoms. The quantitative estimate of drug-likeness (QED) is 0.754. The molecule has 1 amide bonds. The third-order valence-corrected chi connectivity index (χ3v) is 3.50. The smallest absolute Gasteiger partial charge is 0.222 e. The van der Waals surface area contributed by atoms with Crippen molar-refractivity contribution in [1.29, 1.82) is 0 Å². The fourth-order valence-electron chi connectivity index (χ4n) is 1.33. The maximum atomic E-state index is 11.6. The Hall–Kier alpha value is -0.830. The standard InChI is InChI=1S/C12H19NOS/c1-10(2)13(3)12(14)8-4-6-11-7-5-9-15-11/h5,7,9-10H,4,6,8H2,1-3H3. The van der Waals surface area contributed by atoms with Gasteiger partial charge in [-0.15, -0.1) is 11.3 Å². The molecule has 2 nitrogen and oxygen atoms in total. The SMILES string of the molecule is CC(C)N(C)C(=O)CCCc1cccs1. The highest BCUT2D eigenvalue weighted by molar-refractivity contribution is 7.09. The number of thiophene rings is 1. The van der Waals surface area contributed by atoms with Crippen LogP contribution in [-0.4, -0.2) is 23.9 Å². The highest BCUT2D eigenvalue weighted by Gasteiger charge is 2.10. The first-order valence-corrected chi connectivity index (χ1v) is 6.27. The van der Waals surface area contributed by atoms with Crippen molar-refractivity contribution in [3.63, 3.8) is 0 Å². The molecule has 0 aromatic carbocycles. The monoisotopic (exact) mass is 225 g/mol. The Morgan fingerprint density at radius 1 is 1.53 bits per heavy atom. The molecule has 1 rings (SSSR count). The van der Waals surface area contributed by atoms with E-state index in [0.717, 1.165) is 12.8 Å². The van der Waals surface area contributed by atoms with Gasteiger partial charge in [0.1, 0.15) is 0 Å². The second-order valence-corrected chi connectivity index (χ2v) is 5.06. The van der Waals surface area contributed by atoms with Crippen LogP contribution in [0.15, 0.2) is 17.5 Å². The third-order valence-electron chi connectivity index (χ3n) is 2.56. The predicted molar refractivity (Wildman–Crippen MR) is 65.2 cm³/mol. The molecular formula is C12H19NOS. The molecule has 1 heterocycles. The van der Waals surface area contributed by atoms with Crippen LogP contribution in [0, 0.1) is 0 Å². The molecule has 0 N–H and O–H groups in total. The van der Waals surface area contributed by atoms with Crippen LogP contribution in [0.5, 0.6) is 0 Å². The zero-order valence-electron chi connectivity index (χ0n) is 9.69. The molecule has 0 fully saturated rings. The van der Waals surface area contributed by atoms with Crippen LogP contribution in [0.3, 0.4) is 0 Å². The van der Waals surface area contributed by atoms with Crippen molar-refractivity contribution in [3.8, 4) is 0 Å². The maximum absolute atomic E-state index is 11.6. The van der Waals surface area contributed by atoms with Crippen molar-refractivity contribution in [2.45, 2.75) is 39.2 Å². The number of rotatable bonds is 5. The van der Waals surface area contributed by atoms with Crippen molar-refractivity contribution < 1.29 is 4.79 Å². The average molecular weight is 225 g/mol. The molecule has 0 saturated heterocycles. The van der Waals surface area contributed by atoms with Gasteiger partial charge in [0.05, 0.1) is 0 Å². The zero-order valence-corrected chi connectivity index (χ0v) is 10.5. The lowest BCUT2D eigenvalue weighted by Gasteiger charge is -2.21. The van der Waals surface area contributed by atoms with Gasteiger partial charge in [-0.25, -0.2) is 0 Å². The van der Waals surface area contributed by atoms with Gasteiger partial charge in [-0.3, -0.25) is 4.79 Å². The van der Waals surface area contributed by atoms with Gasteiger partial charge in [-0.1, -0.05) is 6.07 Å². The Bertz CT molecular complexity index is 293. The van der Waals surface area contributed by atoms with Crippen LogP contribution in [0.4, 0.5) is 0 Å². The summed E-state index contributed by atoms with van der Waals surface area (Å²) in [6, 6.07) is 4.49. The van der Waals surface area contributed by atoms with Crippen molar-refractivity contribution in [2.75, 3.05) is 7.05 Å². The summed E-state index contributed by atoms with van der Waals surface area (Å²) in [5.74, 6) is 0.251. The minimum atomic E-state index is 0.251. The summed E-state index contributed by atoms with van der Waals surface area (Å²) in [5.41, 5.74) is 0. The fourth-order valence-corrected chi connectivity index (χ4v) is 2.08. The molecule has 0 unspecified atom stereocenters. The topological polar surface area (TPSA) is 20.3 Å². The van der Waals surface area contributed by atoms with E-state index in [9.17, 15) is 4.79 Å². The van der Waals surface area contributed by atoms with Gasteiger partial charge in [0, 0.05) is 24.4 Å². The Balaban J connectivity index is 2.23. The molecule has 84 valence electrons. The average Bonchev–Trinajstić information content (AvgIpc) is 2.69. The van der Waals surface area contributed by atoms with Gasteiger partial charge in [0.25, 0.3) is 0 Å². The number of hydrogen-bond donors (Lipinski definition) is 0. The van der Waals surface area contributed by atoms with Crippen molar-refractivity contribution in [3.05, 3.63) is 22.4 Å². The maximum Gasteiger partial charge on any atom is 0.222 e. The Labute approximate surface area is 95.9 Å². The number of hydrogen-bond acceptors (Lipinski definition) is 2. The summed E-state index contributed by atoms with van der Waals surface area (Å²) in [6.45, 7) is 4.08. The third kappa shape index (κ3) is 4.04. The van der Waals surface area contributed by atoms with Gasteiger partial charge < -0.3 is 4.90 Å². The van der Waals surface area contributed by atoms with E-state index < -0.39 is 0 Å². The molecule has 0 radical (unpaired) electrons. The van der Waals surface area contributed by atoms with E-state index in [4.69, 9.17) is 0 Å². The van der Waals surface area contributed by atoms with E-state index in [0.29, 0.717) is 12.5 Å². The number of aryl methyl sites for hydroxylation is 1. The van der Waals surface area contributed by atoms with E-state index in [-0.39, 0.29) is 5.91 Å². The molecule has 0 bridgehead atoms. The summed E-state index contributed by atoms with van der Waals surface area (Å²) >= 11 is 1.76. The zero-order chi connectivity index (χ0) is 11.3. The van der Waals surface area contributed by atoms with Gasteiger partial charge in [-0.05, 0) is 38.1 Å². The second kappa shape index (κ2) is 5.91. The lowest BCUT2D eigenvalue weighted by molar-refractivity contribution is -0.131. The highest BCUT2D eigenvalue weighted by atomic mass is 32.1. The molecule has 1 aromatic rings. The van der Waals surface area contributed by atoms with Gasteiger partial charge in [0.15, 0.2) is 0 Å². The second-order valence-electron chi connectivity index (χ2n) is 4.03. The Morgan fingerprint density at radius 3 is 2.80 bits per heavy atom. The summed E-state index contributed by atoms with van der Waals surface area (Å²) in [6.07, 6.45) is 2.64. The van der Waals surface area contributed by atoms with Gasteiger partial charge in [0.2, 0.25) is 5.91 Å². The van der Waals surface area contributed by atoms with E-state index >= 15 is 0 Å². The highest BCUT2D eigenvalue weighted by Crippen LogP contribution is 2.12. The first-order valence-electron chi connectivity index (χ1n) is 5.39. The van der Waals surface area contributed by atoms with Gasteiger partial charge >= 0.3 is 0 Å². The number of amides is 1. The van der Waals surface area contributed by atoms with Crippen molar-refractivity contribution >= 4 is 17.2 Å². The molecule has 1 aromatic heterocycles. The first kappa shape index (κ1) is 12.2. The molecule has 0 aliphatic heterocycles. The Kier molecular flexibility index (Phi) is 4.82. The van der Waals surface area contributed by atoms with Crippen molar-refractivity contribution in [1.82, 2.24) is 4.90 Å². The summed E-state index contributed by atoms with van der Waals surface area (Å²) < 4.78 is 0. The van der Waals surface area contributed by atoms with E-state index in [1.807, 2.05) is 25.8 Å². The van der Waals surface area contributed by atoms with Crippen molar-refractivity contribution in [2.24, 2.45) is 0 Å². The lowest BCUT2D eigenvalue weighted by Crippen LogP contribution is -2.32. The first-order chi connectivity index (χ1) is 7.11. The lowest BCUT2D eigenvalue weighted by atomic mass is 10.2. The summed E-state index contributed by atoms with van der Waals surface area (Å²) in [5, 5.41) is 2.08. The normalized spacial score (nSPS) is 10.7. The molecule has 0 aliphatic rings. The minimum absolute atomic E-state index is 0.251. The molecule has 0 aliphatic carbocycles. The predicted octanol–water partition coefficient (Wildman–Crippen LogP) is 2.94. The number of nitrogens with zero attached hydrogens (tertiary/aromatic N) is 1. The van der Waals surface area contributed by atoms with Crippen LogP contribution < -0.4 is 0 Å². The molecular weight excluding hydrogens is 206 g/mol.